The largest absolute Gasteiger partial charge is 0.488 e. The fourth-order valence-electron chi connectivity index (χ4n) is 3.47. The molecule has 0 spiro atoms. The van der Waals surface area contributed by atoms with Crippen molar-refractivity contribution >= 4 is 38.3 Å². The Morgan fingerprint density at radius 3 is 2.70 bits per heavy atom. The lowest BCUT2D eigenvalue weighted by atomic mass is 10.0. The van der Waals surface area contributed by atoms with Crippen LogP contribution in [-0.4, -0.2) is 50.4 Å². The number of aryl methyl sites for hydroxylation is 1. The number of fused-ring (bicyclic) bond motifs is 1. The molecule has 30 heavy (non-hydrogen) atoms. The molecule has 0 bridgehead atoms. The van der Waals surface area contributed by atoms with Crippen LogP contribution in [0, 0.1) is 6.92 Å². The van der Waals surface area contributed by atoms with Crippen molar-refractivity contribution in [1.29, 1.82) is 0 Å². The molecule has 7 nitrogen and oxygen atoms in total. The van der Waals surface area contributed by atoms with E-state index >= 15 is 0 Å². The maximum Gasteiger partial charge on any atom is 0.340 e. The van der Waals surface area contributed by atoms with Crippen molar-refractivity contribution in [1.82, 2.24) is 4.90 Å². The Labute approximate surface area is 180 Å². The van der Waals surface area contributed by atoms with Crippen LogP contribution in [-0.2, 0) is 21.1 Å². The van der Waals surface area contributed by atoms with E-state index in [1.807, 2.05) is 6.92 Å². The van der Waals surface area contributed by atoms with E-state index in [-0.39, 0.29) is 42.0 Å². The van der Waals surface area contributed by atoms with Gasteiger partial charge in [-0.2, -0.15) is 0 Å². The summed E-state index contributed by atoms with van der Waals surface area (Å²) in [5.74, 6) is 0.0594. The monoisotopic (exact) mass is 453 g/mol. The molecule has 3 rings (SSSR count). The quantitative estimate of drug-likeness (QED) is 0.493. The number of sulfone groups is 1. The van der Waals surface area contributed by atoms with Crippen LogP contribution < -0.4 is 10.4 Å². The number of amides is 1. The number of hydrogen-bond acceptors (Lipinski definition) is 6. The Kier molecular flexibility index (Phi) is 6.29. The highest BCUT2D eigenvalue weighted by Gasteiger charge is 2.33. The van der Waals surface area contributed by atoms with Gasteiger partial charge >= 0.3 is 5.63 Å². The Morgan fingerprint density at radius 2 is 2.10 bits per heavy atom. The number of hydrogen-bond donors (Lipinski definition) is 0. The Balaban J connectivity index is 1.89. The van der Waals surface area contributed by atoms with Crippen LogP contribution in [0.15, 0.2) is 33.5 Å². The van der Waals surface area contributed by atoms with Crippen molar-refractivity contribution in [2.75, 3.05) is 25.2 Å². The van der Waals surface area contributed by atoms with Gasteiger partial charge in [0.05, 0.1) is 28.5 Å². The Morgan fingerprint density at radius 1 is 1.40 bits per heavy atom. The van der Waals surface area contributed by atoms with Crippen LogP contribution in [0.2, 0.25) is 5.02 Å². The molecule has 1 aromatic heterocycles. The predicted octanol–water partition coefficient (Wildman–Crippen LogP) is 2.90. The molecule has 1 aromatic carbocycles. The zero-order valence-electron chi connectivity index (χ0n) is 17.2. The molecule has 162 valence electrons. The van der Waals surface area contributed by atoms with Crippen molar-refractivity contribution < 1.29 is 22.4 Å². The lowest BCUT2D eigenvalue weighted by Crippen LogP contribution is -2.39. The first-order chi connectivity index (χ1) is 14.0. The second-order valence-corrected chi connectivity index (χ2v) is 10.4. The summed E-state index contributed by atoms with van der Waals surface area (Å²) in [5, 5.41) is 0.961. The van der Waals surface area contributed by atoms with E-state index in [1.54, 1.807) is 26.1 Å². The van der Waals surface area contributed by atoms with E-state index in [2.05, 4.69) is 6.58 Å². The number of ether oxygens (including phenoxy) is 1. The van der Waals surface area contributed by atoms with Gasteiger partial charge in [-0.05, 0) is 37.5 Å². The van der Waals surface area contributed by atoms with Crippen molar-refractivity contribution in [3.8, 4) is 5.75 Å². The van der Waals surface area contributed by atoms with Crippen molar-refractivity contribution in [3.05, 3.63) is 50.9 Å². The molecule has 1 unspecified atom stereocenters. The fourth-order valence-corrected chi connectivity index (χ4v) is 5.46. The van der Waals surface area contributed by atoms with Gasteiger partial charge in [0.1, 0.15) is 17.9 Å². The summed E-state index contributed by atoms with van der Waals surface area (Å²) in [4.78, 5) is 26.7. The van der Waals surface area contributed by atoms with Gasteiger partial charge in [-0.15, -0.1) is 0 Å². The minimum Gasteiger partial charge on any atom is -0.488 e. The second kappa shape index (κ2) is 8.43. The molecular weight excluding hydrogens is 430 g/mol. The Hall–Kier alpha value is -2.32. The van der Waals surface area contributed by atoms with Crippen LogP contribution in [0.5, 0.6) is 5.75 Å². The van der Waals surface area contributed by atoms with E-state index in [0.29, 0.717) is 33.7 Å². The molecule has 1 aliphatic heterocycles. The average molecular weight is 454 g/mol. The van der Waals surface area contributed by atoms with E-state index in [4.69, 9.17) is 20.8 Å². The average Bonchev–Trinajstić information content (AvgIpc) is 3.03. The van der Waals surface area contributed by atoms with Gasteiger partial charge in [0.25, 0.3) is 0 Å². The van der Waals surface area contributed by atoms with Gasteiger partial charge in [0.2, 0.25) is 5.91 Å². The summed E-state index contributed by atoms with van der Waals surface area (Å²) in [6, 6.07) is 2.82. The number of rotatable bonds is 6. The summed E-state index contributed by atoms with van der Waals surface area (Å²) in [6.45, 7) is 7.60. The third-order valence-corrected chi connectivity index (χ3v) is 7.34. The van der Waals surface area contributed by atoms with E-state index in [1.165, 1.54) is 4.90 Å². The highest BCUT2D eigenvalue weighted by molar-refractivity contribution is 7.91. The molecule has 2 heterocycles. The highest BCUT2D eigenvalue weighted by atomic mass is 35.5. The standard InChI is InChI=1S/C21H24ClNO6S/c1-12(2)10-28-19-9-18-15(7-17(19)22)13(3)16(21(25)29-18)8-20(24)23(4)14-5-6-30(26,27)11-14/h7,9,14H,1,5-6,8,10-11H2,2-4H3. The fraction of sp³-hybridized carbons (Fsp3) is 0.429. The van der Waals surface area contributed by atoms with Crippen LogP contribution in [0.3, 0.4) is 0 Å². The van der Waals surface area contributed by atoms with Crippen molar-refractivity contribution in [3.63, 3.8) is 0 Å². The lowest BCUT2D eigenvalue weighted by Gasteiger charge is -2.23. The molecule has 0 N–H and O–H groups in total. The Bertz CT molecular complexity index is 1180. The maximum atomic E-state index is 12.7. The zero-order valence-corrected chi connectivity index (χ0v) is 18.7. The molecule has 0 aliphatic carbocycles. The van der Waals surface area contributed by atoms with Gasteiger partial charge in [0, 0.05) is 24.5 Å². The summed E-state index contributed by atoms with van der Waals surface area (Å²) in [7, 11) is -1.55. The van der Waals surface area contributed by atoms with Gasteiger partial charge in [-0.25, -0.2) is 13.2 Å². The van der Waals surface area contributed by atoms with Crippen LogP contribution in [0.25, 0.3) is 11.0 Å². The lowest BCUT2D eigenvalue weighted by molar-refractivity contribution is -0.130. The minimum atomic E-state index is -3.12. The number of benzene rings is 1. The van der Waals surface area contributed by atoms with Crippen LogP contribution in [0.1, 0.15) is 24.5 Å². The smallest absolute Gasteiger partial charge is 0.340 e. The molecule has 0 radical (unpaired) electrons. The first kappa shape index (κ1) is 22.4. The topological polar surface area (TPSA) is 93.9 Å². The number of nitrogens with zero attached hydrogens (tertiary/aromatic N) is 1. The number of halogens is 1. The molecule has 2 aromatic rings. The number of carbonyl (C=O) groups excluding carboxylic acids is 1. The minimum absolute atomic E-state index is 0.0525. The molecule has 9 heteroatoms. The molecule has 1 amide bonds. The zero-order chi connectivity index (χ0) is 22.2. The van der Waals surface area contributed by atoms with E-state index < -0.39 is 15.5 Å². The first-order valence-corrected chi connectivity index (χ1v) is 11.7. The normalized spacial score (nSPS) is 17.8. The molecular formula is C21H24ClNO6S. The molecule has 1 atom stereocenters. The maximum absolute atomic E-state index is 12.7. The van der Waals surface area contributed by atoms with Gasteiger partial charge in [-0.3, -0.25) is 4.79 Å². The van der Waals surface area contributed by atoms with Gasteiger partial charge < -0.3 is 14.1 Å². The highest BCUT2D eigenvalue weighted by Crippen LogP contribution is 2.32. The third-order valence-electron chi connectivity index (χ3n) is 5.29. The van der Waals surface area contributed by atoms with Crippen molar-refractivity contribution in [2.24, 2.45) is 0 Å². The van der Waals surface area contributed by atoms with Crippen LogP contribution in [0.4, 0.5) is 0 Å². The number of likely N-dealkylation sites (N-methyl/N-ethyl adjacent to an activating group) is 1. The van der Waals surface area contributed by atoms with Crippen molar-refractivity contribution in [2.45, 2.75) is 32.7 Å². The summed E-state index contributed by atoms with van der Waals surface area (Å²) >= 11 is 6.31. The first-order valence-electron chi connectivity index (χ1n) is 9.47. The molecule has 0 saturated carbocycles. The molecule has 1 fully saturated rings. The van der Waals surface area contributed by atoms with Gasteiger partial charge in [-0.1, -0.05) is 18.2 Å². The number of carbonyl (C=O) groups is 1. The van der Waals surface area contributed by atoms with E-state index in [0.717, 1.165) is 5.57 Å². The molecule has 1 aliphatic rings. The van der Waals surface area contributed by atoms with E-state index in [9.17, 15) is 18.0 Å². The van der Waals surface area contributed by atoms with Gasteiger partial charge in [0.15, 0.2) is 9.84 Å². The summed E-state index contributed by atoms with van der Waals surface area (Å²) in [5.41, 5.74) is 1.33. The molecule has 1 saturated heterocycles. The second-order valence-electron chi connectivity index (χ2n) is 7.76. The predicted molar refractivity (Wildman–Crippen MR) is 116 cm³/mol. The summed E-state index contributed by atoms with van der Waals surface area (Å²) < 4.78 is 34.4. The van der Waals surface area contributed by atoms with Crippen LogP contribution >= 0.6 is 11.6 Å². The third kappa shape index (κ3) is 4.70. The SMILES string of the molecule is C=C(C)COc1cc2oc(=O)c(CC(=O)N(C)C3CCS(=O)(=O)C3)c(C)c2cc1Cl. The summed E-state index contributed by atoms with van der Waals surface area (Å²) in [6.07, 6.45) is 0.223.